The molecule has 0 saturated heterocycles. The normalized spacial score (nSPS) is 18.9. The van der Waals surface area contributed by atoms with Crippen LogP contribution >= 0.6 is 0 Å². The molecule has 0 saturated carbocycles. The van der Waals surface area contributed by atoms with Gasteiger partial charge in [0.25, 0.3) is 0 Å². The molecule has 4 heteroatoms. The maximum atomic E-state index is 6.29. The van der Waals surface area contributed by atoms with E-state index in [1.165, 1.54) is 5.56 Å². The number of ether oxygens (including phenoxy) is 2. The van der Waals surface area contributed by atoms with Gasteiger partial charge in [-0.25, -0.2) is 0 Å². The van der Waals surface area contributed by atoms with Gasteiger partial charge in [0.2, 0.25) is 0 Å². The second-order valence-electron chi connectivity index (χ2n) is 6.11. The first-order valence-electron chi connectivity index (χ1n) is 8.40. The number of hydrogen-bond donors (Lipinski definition) is 0. The van der Waals surface area contributed by atoms with Crippen LogP contribution in [-0.4, -0.2) is 32.9 Å². The van der Waals surface area contributed by atoms with Crippen molar-refractivity contribution in [3.05, 3.63) is 59.2 Å². The highest BCUT2D eigenvalue weighted by Gasteiger charge is 2.24. The van der Waals surface area contributed by atoms with Gasteiger partial charge >= 0.3 is 0 Å². The fourth-order valence-electron chi connectivity index (χ4n) is 3.20. The third-order valence-electron chi connectivity index (χ3n) is 4.48. The van der Waals surface area contributed by atoms with Crippen molar-refractivity contribution in [1.29, 1.82) is 0 Å². The van der Waals surface area contributed by atoms with Gasteiger partial charge in [0.1, 0.15) is 6.10 Å². The lowest BCUT2D eigenvalue weighted by molar-refractivity contribution is -0.170. The standard InChI is InChI=1S/C20H25NO3/c1-21-12-8-7-11-16-13-18(22-2)19(23-3)14-17(16)20(24-21)15-9-5-4-6-10-15/h4-6,9-10,13-14,20H,7-8,11-12H2,1-3H3. The molecule has 1 aliphatic rings. The van der Waals surface area contributed by atoms with Crippen LogP contribution in [0.15, 0.2) is 42.5 Å². The molecule has 2 aromatic rings. The van der Waals surface area contributed by atoms with Gasteiger partial charge in [-0.3, -0.25) is 4.84 Å². The van der Waals surface area contributed by atoms with E-state index in [0.717, 1.165) is 48.4 Å². The van der Waals surface area contributed by atoms with Crippen molar-refractivity contribution in [2.45, 2.75) is 25.4 Å². The Kier molecular flexibility index (Phi) is 5.38. The Morgan fingerprint density at radius 3 is 2.42 bits per heavy atom. The molecular weight excluding hydrogens is 302 g/mol. The minimum absolute atomic E-state index is 0.149. The molecule has 0 amide bonds. The van der Waals surface area contributed by atoms with Crippen LogP contribution < -0.4 is 9.47 Å². The van der Waals surface area contributed by atoms with Gasteiger partial charge in [0, 0.05) is 13.6 Å². The number of hydrogen-bond acceptors (Lipinski definition) is 4. The van der Waals surface area contributed by atoms with Gasteiger partial charge in [0.15, 0.2) is 11.5 Å². The SMILES string of the molecule is COc1cc2c(cc1OC)C(c1ccccc1)ON(C)CCCC2. The van der Waals surface area contributed by atoms with E-state index in [-0.39, 0.29) is 6.10 Å². The van der Waals surface area contributed by atoms with Gasteiger partial charge in [-0.15, -0.1) is 0 Å². The zero-order valence-electron chi connectivity index (χ0n) is 14.6. The lowest BCUT2D eigenvalue weighted by Crippen LogP contribution is -2.23. The molecule has 1 unspecified atom stereocenters. The molecule has 1 aliphatic heterocycles. The molecule has 0 aliphatic carbocycles. The zero-order valence-corrected chi connectivity index (χ0v) is 14.6. The lowest BCUT2D eigenvalue weighted by atomic mass is 9.93. The molecular formula is C20H25NO3. The predicted molar refractivity (Wildman–Crippen MR) is 94.5 cm³/mol. The quantitative estimate of drug-likeness (QED) is 0.853. The summed E-state index contributed by atoms with van der Waals surface area (Å²) in [6.45, 7) is 0.922. The van der Waals surface area contributed by atoms with E-state index in [1.54, 1.807) is 14.2 Å². The number of hydroxylamine groups is 2. The van der Waals surface area contributed by atoms with E-state index in [4.69, 9.17) is 14.3 Å². The zero-order chi connectivity index (χ0) is 16.9. The van der Waals surface area contributed by atoms with E-state index in [9.17, 15) is 0 Å². The Morgan fingerprint density at radius 2 is 1.71 bits per heavy atom. The summed E-state index contributed by atoms with van der Waals surface area (Å²) in [5.41, 5.74) is 3.55. The van der Waals surface area contributed by atoms with Crippen LogP contribution in [0, 0.1) is 0 Å². The molecule has 0 N–H and O–H groups in total. The second kappa shape index (κ2) is 7.69. The van der Waals surface area contributed by atoms with E-state index < -0.39 is 0 Å². The molecule has 0 radical (unpaired) electrons. The minimum atomic E-state index is -0.149. The van der Waals surface area contributed by atoms with Crippen molar-refractivity contribution in [3.63, 3.8) is 0 Å². The van der Waals surface area contributed by atoms with Crippen molar-refractivity contribution in [1.82, 2.24) is 5.06 Å². The van der Waals surface area contributed by atoms with Gasteiger partial charge < -0.3 is 9.47 Å². The third kappa shape index (κ3) is 3.55. The third-order valence-corrected chi connectivity index (χ3v) is 4.48. The van der Waals surface area contributed by atoms with Crippen LogP contribution in [0.25, 0.3) is 0 Å². The largest absolute Gasteiger partial charge is 0.493 e. The fraction of sp³-hybridized carbons (Fsp3) is 0.400. The first kappa shape index (κ1) is 16.8. The summed E-state index contributed by atoms with van der Waals surface area (Å²) < 4.78 is 11.0. The summed E-state index contributed by atoms with van der Waals surface area (Å²) >= 11 is 0. The van der Waals surface area contributed by atoms with Gasteiger partial charge in [-0.1, -0.05) is 30.3 Å². The van der Waals surface area contributed by atoms with Crippen LogP contribution in [0.1, 0.15) is 35.6 Å². The summed E-state index contributed by atoms with van der Waals surface area (Å²) in [5, 5.41) is 1.95. The van der Waals surface area contributed by atoms with E-state index in [1.807, 2.05) is 30.3 Å². The van der Waals surface area contributed by atoms with Crippen molar-refractivity contribution in [3.8, 4) is 11.5 Å². The van der Waals surface area contributed by atoms with Crippen LogP contribution in [0.5, 0.6) is 11.5 Å². The van der Waals surface area contributed by atoms with Crippen LogP contribution in [0.2, 0.25) is 0 Å². The first-order valence-corrected chi connectivity index (χ1v) is 8.40. The molecule has 0 spiro atoms. The summed E-state index contributed by atoms with van der Waals surface area (Å²) in [4.78, 5) is 6.29. The van der Waals surface area contributed by atoms with Crippen molar-refractivity contribution < 1.29 is 14.3 Å². The Morgan fingerprint density at radius 1 is 1.00 bits per heavy atom. The highest BCUT2D eigenvalue weighted by molar-refractivity contribution is 5.50. The Labute approximate surface area is 143 Å². The molecule has 128 valence electrons. The smallest absolute Gasteiger partial charge is 0.161 e. The van der Waals surface area contributed by atoms with Crippen LogP contribution in [-0.2, 0) is 11.3 Å². The molecule has 1 heterocycles. The number of aryl methyl sites for hydroxylation is 1. The minimum Gasteiger partial charge on any atom is -0.493 e. The first-order chi connectivity index (χ1) is 11.7. The molecule has 2 aromatic carbocycles. The summed E-state index contributed by atoms with van der Waals surface area (Å²) in [6, 6.07) is 14.5. The van der Waals surface area contributed by atoms with Crippen molar-refractivity contribution in [2.24, 2.45) is 0 Å². The molecule has 24 heavy (non-hydrogen) atoms. The van der Waals surface area contributed by atoms with Crippen molar-refractivity contribution >= 4 is 0 Å². The fourth-order valence-corrected chi connectivity index (χ4v) is 3.20. The Bertz CT molecular complexity index is 672. The number of nitrogens with zero attached hydrogens (tertiary/aromatic N) is 1. The molecule has 0 bridgehead atoms. The lowest BCUT2D eigenvalue weighted by Gasteiger charge is -2.26. The molecule has 3 rings (SSSR count). The number of rotatable bonds is 3. The van der Waals surface area contributed by atoms with Crippen molar-refractivity contribution in [2.75, 3.05) is 27.8 Å². The van der Waals surface area contributed by atoms with E-state index in [0.29, 0.717) is 0 Å². The van der Waals surface area contributed by atoms with E-state index in [2.05, 4.69) is 24.3 Å². The predicted octanol–water partition coefficient (Wildman–Crippen LogP) is 3.99. The van der Waals surface area contributed by atoms with E-state index >= 15 is 0 Å². The Hall–Kier alpha value is -2.04. The average molecular weight is 327 g/mol. The average Bonchev–Trinajstić information content (AvgIpc) is 2.70. The summed E-state index contributed by atoms with van der Waals surface area (Å²) in [5.74, 6) is 1.51. The van der Waals surface area contributed by atoms with Gasteiger partial charge in [-0.2, -0.15) is 5.06 Å². The summed E-state index contributed by atoms with van der Waals surface area (Å²) in [6.07, 6.45) is 3.09. The maximum absolute atomic E-state index is 6.29. The maximum Gasteiger partial charge on any atom is 0.161 e. The second-order valence-corrected chi connectivity index (χ2v) is 6.11. The Balaban J connectivity index is 2.13. The number of benzene rings is 2. The monoisotopic (exact) mass is 327 g/mol. The topological polar surface area (TPSA) is 30.9 Å². The molecule has 1 atom stereocenters. The van der Waals surface area contributed by atoms with Crippen LogP contribution in [0.3, 0.4) is 0 Å². The number of fused-ring (bicyclic) bond motifs is 1. The summed E-state index contributed by atoms with van der Waals surface area (Å²) in [7, 11) is 5.35. The molecule has 0 fully saturated rings. The highest BCUT2D eigenvalue weighted by atomic mass is 16.7. The number of methoxy groups -OCH3 is 2. The van der Waals surface area contributed by atoms with Gasteiger partial charge in [-0.05, 0) is 48.1 Å². The molecule has 4 nitrogen and oxygen atoms in total. The van der Waals surface area contributed by atoms with Crippen LogP contribution in [0.4, 0.5) is 0 Å². The molecule has 0 aromatic heterocycles. The van der Waals surface area contributed by atoms with Gasteiger partial charge in [0.05, 0.1) is 14.2 Å². The highest BCUT2D eigenvalue weighted by Crippen LogP contribution is 2.38.